The van der Waals surface area contributed by atoms with Gasteiger partial charge in [0.1, 0.15) is 0 Å². The van der Waals surface area contributed by atoms with Crippen LogP contribution >= 0.6 is 0 Å². The Balaban J connectivity index is 1.44. The standard InChI is InChI=1S/C34H52O5/c1-19(2)25-22-12-13-32(8)24(33(22,9)29(39-21(4)36)27(25)38-20(3)35)11-10-23-26-28-30(5,6)14-16-34(26,18-37-28)17-15-31(23,32)7/h19,23-24,26-29H,10-18H2,1-9H3/t23-,24+,26-,27-,28-,29-,31-,32-,33+,34-/m1/s1. The molecule has 39 heavy (non-hydrogen) atoms. The third-order valence-corrected chi connectivity index (χ3v) is 13.9. The molecule has 5 heteroatoms. The Morgan fingerprint density at radius 1 is 0.872 bits per heavy atom. The molecule has 0 aromatic heterocycles. The zero-order valence-electron chi connectivity index (χ0n) is 25.9. The average molecular weight is 541 g/mol. The molecular formula is C34H52O5. The Morgan fingerprint density at radius 2 is 1.54 bits per heavy atom. The van der Waals surface area contributed by atoms with E-state index in [0.29, 0.717) is 29.3 Å². The number of ether oxygens (including phenoxy) is 3. The van der Waals surface area contributed by atoms with Crippen LogP contribution in [0.2, 0.25) is 0 Å². The van der Waals surface area contributed by atoms with Gasteiger partial charge in [0.05, 0.1) is 12.7 Å². The topological polar surface area (TPSA) is 61.8 Å². The Hall–Kier alpha value is -1.36. The normalized spacial score (nSPS) is 49.6. The predicted octanol–water partition coefficient (Wildman–Crippen LogP) is 7.27. The average Bonchev–Trinajstić information content (AvgIpc) is 3.28. The predicted molar refractivity (Wildman–Crippen MR) is 151 cm³/mol. The molecule has 10 atom stereocenters. The van der Waals surface area contributed by atoms with Gasteiger partial charge in [0.2, 0.25) is 0 Å². The summed E-state index contributed by atoms with van der Waals surface area (Å²) in [5.41, 5.74) is 3.22. The molecule has 0 aromatic rings. The molecule has 0 N–H and O–H groups in total. The van der Waals surface area contributed by atoms with Crippen molar-refractivity contribution in [3.8, 4) is 0 Å². The van der Waals surface area contributed by atoms with Gasteiger partial charge in [-0.25, -0.2) is 0 Å². The van der Waals surface area contributed by atoms with E-state index < -0.39 is 12.2 Å². The second kappa shape index (κ2) is 8.58. The van der Waals surface area contributed by atoms with Gasteiger partial charge in [-0.3, -0.25) is 9.59 Å². The van der Waals surface area contributed by atoms with Gasteiger partial charge in [-0.15, -0.1) is 0 Å². The van der Waals surface area contributed by atoms with Crippen molar-refractivity contribution < 1.29 is 23.8 Å². The van der Waals surface area contributed by atoms with Crippen LogP contribution in [-0.2, 0) is 23.8 Å². The van der Waals surface area contributed by atoms with Crippen molar-refractivity contribution in [3.63, 3.8) is 0 Å². The highest BCUT2D eigenvalue weighted by atomic mass is 16.6. The van der Waals surface area contributed by atoms with Crippen LogP contribution in [0.25, 0.3) is 0 Å². The van der Waals surface area contributed by atoms with Gasteiger partial charge in [-0.05, 0) is 102 Å². The summed E-state index contributed by atoms with van der Waals surface area (Å²) in [5.74, 6) is 1.33. The first-order valence-electron chi connectivity index (χ1n) is 15.8. The van der Waals surface area contributed by atoms with Crippen molar-refractivity contribution in [1.29, 1.82) is 0 Å². The summed E-state index contributed by atoms with van der Waals surface area (Å²) in [6.45, 7) is 20.8. The Kier molecular flexibility index (Phi) is 6.12. The van der Waals surface area contributed by atoms with Crippen LogP contribution in [0.3, 0.4) is 0 Å². The number of carbonyl (C=O) groups excluding carboxylic acids is 2. The largest absolute Gasteiger partial charge is 0.457 e. The van der Waals surface area contributed by atoms with Crippen LogP contribution in [-0.4, -0.2) is 36.9 Å². The van der Waals surface area contributed by atoms with E-state index in [-0.39, 0.29) is 39.5 Å². The smallest absolute Gasteiger partial charge is 0.303 e. The van der Waals surface area contributed by atoms with Crippen LogP contribution in [0.5, 0.6) is 0 Å². The first-order chi connectivity index (χ1) is 18.1. The van der Waals surface area contributed by atoms with Gasteiger partial charge >= 0.3 is 11.9 Å². The van der Waals surface area contributed by atoms with E-state index in [0.717, 1.165) is 25.9 Å². The molecule has 5 nitrogen and oxygen atoms in total. The fourth-order valence-corrected chi connectivity index (χ4v) is 11.9. The van der Waals surface area contributed by atoms with E-state index in [2.05, 4.69) is 48.5 Å². The van der Waals surface area contributed by atoms with E-state index >= 15 is 0 Å². The molecule has 0 amide bonds. The van der Waals surface area contributed by atoms with Gasteiger partial charge in [0, 0.05) is 19.3 Å². The van der Waals surface area contributed by atoms with Crippen molar-refractivity contribution in [1.82, 2.24) is 0 Å². The number of hydrogen-bond donors (Lipinski definition) is 0. The molecule has 5 aliphatic carbocycles. The summed E-state index contributed by atoms with van der Waals surface area (Å²) >= 11 is 0. The van der Waals surface area contributed by atoms with E-state index in [1.807, 2.05) is 0 Å². The van der Waals surface area contributed by atoms with Crippen molar-refractivity contribution in [3.05, 3.63) is 11.1 Å². The molecule has 6 aliphatic rings. The lowest BCUT2D eigenvalue weighted by atomic mass is 9.34. The van der Waals surface area contributed by atoms with Crippen molar-refractivity contribution >= 4 is 11.9 Å². The van der Waals surface area contributed by atoms with Crippen molar-refractivity contribution in [2.45, 2.75) is 132 Å². The second-order valence-electron chi connectivity index (χ2n) is 16.1. The maximum absolute atomic E-state index is 12.6. The molecule has 0 radical (unpaired) electrons. The van der Waals surface area contributed by atoms with E-state index in [4.69, 9.17) is 14.2 Å². The number of rotatable bonds is 3. The maximum atomic E-state index is 12.6. The van der Waals surface area contributed by atoms with Crippen LogP contribution in [0, 0.1) is 50.7 Å². The first kappa shape index (κ1) is 27.8. The fraction of sp³-hybridized carbons (Fsp3) is 0.882. The highest BCUT2D eigenvalue weighted by molar-refractivity contribution is 5.68. The third kappa shape index (κ3) is 3.47. The van der Waals surface area contributed by atoms with E-state index in [1.54, 1.807) is 0 Å². The molecule has 1 saturated heterocycles. The van der Waals surface area contributed by atoms with E-state index in [1.165, 1.54) is 57.1 Å². The summed E-state index contributed by atoms with van der Waals surface area (Å²) in [6, 6.07) is 0. The summed E-state index contributed by atoms with van der Waals surface area (Å²) in [5, 5.41) is 0. The molecule has 0 spiro atoms. The van der Waals surface area contributed by atoms with Gasteiger partial charge < -0.3 is 14.2 Å². The van der Waals surface area contributed by atoms with Gasteiger partial charge in [0.15, 0.2) is 12.2 Å². The van der Waals surface area contributed by atoms with Crippen LogP contribution < -0.4 is 0 Å². The molecular weight excluding hydrogens is 488 g/mol. The molecule has 5 fully saturated rings. The van der Waals surface area contributed by atoms with Crippen molar-refractivity contribution in [2.24, 2.45) is 50.7 Å². The minimum Gasteiger partial charge on any atom is -0.457 e. The first-order valence-corrected chi connectivity index (χ1v) is 15.8. The zero-order chi connectivity index (χ0) is 28.3. The van der Waals surface area contributed by atoms with Crippen LogP contribution in [0.4, 0.5) is 0 Å². The minimum absolute atomic E-state index is 0.114. The number of fused-ring (bicyclic) bond motifs is 5. The lowest BCUT2D eigenvalue weighted by Gasteiger charge is -2.70. The second-order valence-corrected chi connectivity index (χ2v) is 16.1. The summed E-state index contributed by atoms with van der Waals surface area (Å²) < 4.78 is 19.0. The lowest BCUT2D eigenvalue weighted by molar-refractivity contribution is -0.223. The lowest BCUT2D eigenvalue weighted by Crippen LogP contribution is -2.66. The molecule has 6 rings (SSSR count). The summed E-state index contributed by atoms with van der Waals surface area (Å²) in [7, 11) is 0. The molecule has 1 aliphatic heterocycles. The minimum atomic E-state index is -0.489. The highest BCUT2D eigenvalue weighted by Gasteiger charge is 2.73. The molecule has 218 valence electrons. The Morgan fingerprint density at radius 3 is 2.18 bits per heavy atom. The summed E-state index contributed by atoms with van der Waals surface area (Å²) in [4.78, 5) is 24.9. The van der Waals surface area contributed by atoms with E-state index in [9.17, 15) is 9.59 Å². The molecule has 1 heterocycles. The SMILES string of the molecule is CC(=O)O[C@@H]1C(C(C)C)=C2CC[C@]3(C)[C@H](CC[C@@H]4[C@@H]5[C@H]6OC[C@@]5(CCC6(C)C)CC[C@]43C)[C@@]2(C)[C@@H]1OC(C)=O. The fourth-order valence-electron chi connectivity index (χ4n) is 11.9. The van der Waals surface area contributed by atoms with Crippen LogP contribution in [0.1, 0.15) is 114 Å². The Labute approximate surface area is 236 Å². The van der Waals surface area contributed by atoms with Gasteiger partial charge in [-0.2, -0.15) is 0 Å². The van der Waals surface area contributed by atoms with Crippen LogP contribution in [0.15, 0.2) is 11.1 Å². The Bertz CT molecular complexity index is 1100. The zero-order valence-corrected chi connectivity index (χ0v) is 25.9. The number of esters is 2. The summed E-state index contributed by atoms with van der Waals surface area (Å²) in [6.07, 6.45) is 9.04. The monoisotopic (exact) mass is 540 g/mol. The molecule has 2 bridgehead atoms. The van der Waals surface area contributed by atoms with Gasteiger partial charge in [0.25, 0.3) is 0 Å². The molecule has 0 unspecified atom stereocenters. The molecule has 0 aromatic carbocycles. The third-order valence-electron chi connectivity index (χ3n) is 13.9. The maximum Gasteiger partial charge on any atom is 0.303 e. The van der Waals surface area contributed by atoms with Crippen molar-refractivity contribution in [2.75, 3.05) is 6.61 Å². The van der Waals surface area contributed by atoms with Gasteiger partial charge in [-0.1, -0.05) is 54.0 Å². The highest BCUT2D eigenvalue weighted by Crippen LogP contribution is 2.77. The number of hydrogen-bond acceptors (Lipinski definition) is 5. The molecule has 4 saturated carbocycles. The quantitative estimate of drug-likeness (QED) is 0.278. The number of carbonyl (C=O) groups is 2.